The van der Waals surface area contributed by atoms with Gasteiger partial charge in [0.05, 0.1) is 0 Å². The fourth-order valence-electron chi connectivity index (χ4n) is 5.37. The Bertz CT molecular complexity index is 1460. The number of benzene rings is 2. The van der Waals surface area contributed by atoms with Crippen LogP contribution in [0.1, 0.15) is 64.5 Å². The number of fused-ring (bicyclic) bond motifs is 2. The molecule has 0 aliphatic heterocycles. The largest absolute Gasteiger partial charge is 2.00 e. The standard InChI is InChI=1S/2C20H22S2.2ClH.Zr/c2*1-3-10-21-16-12-18-17(15-8-6-5-7-9-15)14-20(19(18)13-16)22-11-4-2;;;/h2*5-9,12-14H,3-4,10-11H2,1-2H3;2*1H;/q;;;;+2/p-2. The van der Waals surface area contributed by atoms with Gasteiger partial charge in [0, 0.05) is 19.6 Å². The topological polar surface area (TPSA) is 0 Å². The molecule has 2 aromatic rings. The molecule has 2 aromatic carbocycles. The molecule has 47 heavy (non-hydrogen) atoms. The van der Waals surface area contributed by atoms with Crippen LogP contribution in [-0.2, 0) is 26.2 Å². The summed E-state index contributed by atoms with van der Waals surface area (Å²) in [5.41, 5.74) is 11.1. The van der Waals surface area contributed by atoms with Crippen molar-refractivity contribution in [3.63, 3.8) is 0 Å². The Morgan fingerprint density at radius 3 is 1.09 bits per heavy atom. The molecule has 0 saturated carbocycles. The molecule has 0 saturated heterocycles. The van der Waals surface area contributed by atoms with Gasteiger partial charge in [0.2, 0.25) is 0 Å². The van der Waals surface area contributed by atoms with E-state index in [-0.39, 0.29) is 51.0 Å². The van der Waals surface area contributed by atoms with Gasteiger partial charge in [0.15, 0.2) is 0 Å². The zero-order valence-corrected chi connectivity index (χ0v) is 35.0. The van der Waals surface area contributed by atoms with Crippen LogP contribution >= 0.6 is 47.0 Å². The number of rotatable bonds is 14. The van der Waals surface area contributed by atoms with Gasteiger partial charge in [-0.3, -0.25) is 0 Å². The van der Waals surface area contributed by atoms with Crippen molar-refractivity contribution in [1.82, 2.24) is 0 Å². The van der Waals surface area contributed by atoms with E-state index < -0.39 is 0 Å². The third kappa shape index (κ3) is 11.1. The molecule has 0 bridgehead atoms. The first-order chi connectivity index (χ1) is 21.7. The van der Waals surface area contributed by atoms with Crippen LogP contribution in [0.4, 0.5) is 0 Å². The van der Waals surface area contributed by atoms with E-state index in [9.17, 15) is 0 Å². The van der Waals surface area contributed by atoms with E-state index in [1.165, 1.54) is 113 Å². The molecule has 0 aromatic heterocycles. The van der Waals surface area contributed by atoms with E-state index >= 15 is 0 Å². The molecule has 4 aliphatic rings. The summed E-state index contributed by atoms with van der Waals surface area (Å²) in [4.78, 5) is 5.73. The summed E-state index contributed by atoms with van der Waals surface area (Å²) in [5.74, 6) is 4.78. The van der Waals surface area contributed by atoms with Gasteiger partial charge < -0.3 is 24.8 Å². The van der Waals surface area contributed by atoms with Crippen LogP contribution < -0.4 is 24.8 Å². The molecular weight excluding hydrogens is 771 g/mol. The van der Waals surface area contributed by atoms with Crippen LogP contribution in [0, 0.1) is 0 Å². The van der Waals surface area contributed by atoms with Crippen molar-refractivity contribution in [1.29, 1.82) is 0 Å². The van der Waals surface area contributed by atoms with Crippen LogP contribution in [0.5, 0.6) is 0 Å². The molecule has 0 spiro atoms. The van der Waals surface area contributed by atoms with Crippen molar-refractivity contribution in [3.8, 4) is 0 Å². The van der Waals surface area contributed by atoms with Gasteiger partial charge in [-0.25, -0.2) is 0 Å². The summed E-state index contributed by atoms with van der Waals surface area (Å²) in [5, 5.41) is 0. The molecule has 0 amide bonds. The Kier molecular flexibility index (Phi) is 20.0. The molecule has 0 atom stereocenters. The van der Waals surface area contributed by atoms with Gasteiger partial charge in [-0.05, 0) is 130 Å². The number of hydrogen-bond acceptors (Lipinski definition) is 4. The van der Waals surface area contributed by atoms with Crippen molar-refractivity contribution in [3.05, 3.63) is 150 Å². The van der Waals surface area contributed by atoms with Gasteiger partial charge in [0.1, 0.15) is 0 Å². The maximum absolute atomic E-state index is 2.39. The summed E-state index contributed by atoms with van der Waals surface area (Å²) in [6.45, 7) is 8.98. The zero-order chi connectivity index (χ0) is 30.7. The molecule has 6 rings (SSSR count). The van der Waals surface area contributed by atoms with Gasteiger partial charge in [-0.15, -0.1) is 47.0 Å². The molecule has 246 valence electrons. The monoisotopic (exact) mass is 812 g/mol. The van der Waals surface area contributed by atoms with Crippen molar-refractivity contribution in [2.45, 2.75) is 53.4 Å². The SMILES string of the molecule is CCCSC1=CC2=C(c3ccccc3)C=C(SCCC)C2=C1.CCCSC1=CC2=C(c3ccccc3)C=C(SCCC)C2=C1.[Cl-].[Cl-].[Zr+2]. The van der Waals surface area contributed by atoms with E-state index in [1.807, 2.05) is 47.0 Å². The summed E-state index contributed by atoms with van der Waals surface area (Å²) < 4.78 is 0. The molecule has 0 fully saturated rings. The van der Waals surface area contributed by atoms with E-state index in [0.29, 0.717) is 0 Å². The van der Waals surface area contributed by atoms with Gasteiger partial charge in [-0.1, -0.05) is 88.4 Å². The van der Waals surface area contributed by atoms with Gasteiger partial charge in [0.25, 0.3) is 0 Å². The maximum atomic E-state index is 2.39. The summed E-state index contributed by atoms with van der Waals surface area (Å²) >= 11 is 7.94. The summed E-state index contributed by atoms with van der Waals surface area (Å²) in [6.07, 6.45) is 19.2. The number of thioether (sulfide) groups is 4. The molecule has 7 heteroatoms. The maximum Gasteiger partial charge on any atom is 2.00 e. The van der Waals surface area contributed by atoms with Crippen LogP contribution in [0.2, 0.25) is 0 Å². The molecule has 4 aliphatic carbocycles. The predicted molar refractivity (Wildman–Crippen MR) is 206 cm³/mol. The minimum Gasteiger partial charge on any atom is -1.00 e. The van der Waals surface area contributed by atoms with Crippen LogP contribution in [0.25, 0.3) is 11.1 Å². The minimum absolute atomic E-state index is 0. The van der Waals surface area contributed by atoms with Crippen molar-refractivity contribution < 1.29 is 51.0 Å². The fraction of sp³-hybridized carbons (Fsp3) is 0.300. The van der Waals surface area contributed by atoms with E-state index in [1.54, 1.807) is 0 Å². The Balaban J connectivity index is 0.000000307. The second kappa shape index (κ2) is 22.1. The van der Waals surface area contributed by atoms with Crippen LogP contribution in [-0.4, -0.2) is 23.0 Å². The van der Waals surface area contributed by atoms with Crippen LogP contribution in [0.15, 0.2) is 139 Å². The second-order valence-electron chi connectivity index (χ2n) is 11.0. The second-order valence-corrected chi connectivity index (χ2v) is 15.6. The third-order valence-corrected chi connectivity index (χ3v) is 12.3. The Labute approximate surface area is 332 Å². The van der Waals surface area contributed by atoms with Crippen molar-refractivity contribution in [2.75, 3.05) is 23.0 Å². The van der Waals surface area contributed by atoms with Crippen LogP contribution in [0.3, 0.4) is 0 Å². The Morgan fingerprint density at radius 2 is 0.745 bits per heavy atom. The Morgan fingerprint density at radius 1 is 0.404 bits per heavy atom. The molecule has 0 heterocycles. The smallest absolute Gasteiger partial charge is 1.00 e. The normalized spacial score (nSPS) is 15.5. The molecule has 0 unspecified atom stereocenters. The van der Waals surface area contributed by atoms with Crippen molar-refractivity contribution >= 4 is 58.2 Å². The van der Waals surface area contributed by atoms with E-state index in [4.69, 9.17) is 0 Å². The first-order valence-corrected chi connectivity index (χ1v) is 20.0. The summed E-state index contributed by atoms with van der Waals surface area (Å²) in [6, 6.07) is 21.6. The summed E-state index contributed by atoms with van der Waals surface area (Å²) in [7, 11) is 0. The molecule has 0 N–H and O–H groups in total. The number of halogens is 2. The quantitative estimate of drug-likeness (QED) is 0.204. The van der Waals surface area contributed by atoms with Gasteiger partial charge >= 0.3 is 26.2 Å². The van der Waals surface area contributed by atoms with Crippen molar-refractivity contribution in [2.24, 2.45) is 0 Å². The fourth-order valence-corrected chi connectivity index (χ4v) is 8.96. The molecule has 0 radical (unpaired) electrons. The molecule has 0 nitrogen and oxygen atoms in total. The average molecular weight is 815 g/mol. The Hall–Kier alpha value is -0.777. The van der Waals surface area contributed by atoms with E-state index in [0.717, 1.165) is 0 Å². The van der Waals surface area contributed by atoms with E-state index in [2.05, 4.69) is 125 Å². The number of hydrogen-bond donors (Lipinski definition) is 0. The average Bonchev–Trinajstić information content (AvgIpc) is 3.83. The predicted octanol–water partition coefficient (Wildman–Crippen LogP) is 6.90. The minimum atomic E-state index is 0. The number of allylic oxidation sites excluding steroid dienone is 12. The first-order valence-electron chi connectivity index (χ1n) is 16.1. The molecular formula is C40H44Cl2S4Zr. The van der Waals surface area contributed by atoms with Gasteiger partial charge in [-0.2, -0.15) is 0 Å². The zero-order valence-electron chi connectivity index (χ0n) is 27.8. The first kappa shape index (κ1) is 42.4. The third-order valence-electron chi connectivity index (χ3n) is 7.43.